The molecule has 0 radical (unpaired) electrons. The predicted octanol–water partition coefficient (Wildman–Crippen LogP) is 0.438. The van der Waals surface area contributed by atoms with Gasteiger partial charge in [0.05, 0.1) is 25.9 Å². The van der Waals surface area contributed by atoms with Gasteiger partial charge in [0.2, 0.25) is 0 Å². The molecular formula is C10H14O5. The lowest BCUT2D eigenvalue weighted by molar-refractivity contribution is -0.139. The van der Waals surface area contributed by atoms with Crippen molar-refractivity contribution in [3.05, 3.63) is 11.6 Å². The van der Waals surface area contributed by atoms with Crippen molar-refractivity contribution in [1.82, 2.24) is 0 Å². The maximum absolute atomic E-state index is 11.4. The molecule has 0 saturated carbocycles. The number of hydrogen-bond acceptors (Lipinski definition) is 5. The third kappa shape index (κ3) is 3.06. The molecule has 15 heavy (non-hydrogen) atoms. The summed E-state index contributed by atoms with van der Waals surface area (Å²) in [6.45, 7) is 0.597. The minimum Gasteiger partial charge on any atom is -0.466 e. The van der Waals surface area contributed by atoms with E-state index in [-0.39, 0.29) is 11.7 Å². The molecule has 1 unspecified atom stereocenters. The Hall–Kier alpha value is -1.36. The lowest BCUT2D eigenvalue weighted by atomic mass is 10.1. The van der Waals surface area contributed by atoms with Gasteiger partial charge in [0.15, 0.2) is 0 Å². The number of rotatable bonds is 3. The summed E-state index contributed by atoms with van der Waals surface area (Å²) in [5.41, 5.74) is 0.224. The number of ether oxygens (including phenoxy) is 3. The van der Waals surface area contributed by atoms with Gasteiger partial charge in [0.1, 0.15) is 0 Å². The number of esters is 2. The lowest BCUT2D eigenvalue weighted by Gasteiger charge is -2.11. The van der Waals surface area contributed by atoms with Crippen molar-refractivity contribution in [2.24, 2.45) is 0 Å². The van der Waals surface area contributed by atoms with E-state index in [2.05, 4.69) is 9.47 Å². The van der Waals surface area contributed by atoms with Crippen LogP contribution in [0, 0.1) is 0 Å². The Kier molecular flexibility index (Phi) is 4.30. The summed E-state index contributed by atoms with van der Waals surface area (Å²) in [5.74, 6) is -1.13. The first kappa shape index (κ1) is 11.7. The van der Waals surface area contributed by atoms with E-state index >= 15 is 0 Å². The van der Waals surface area contributed by atoms with Crippen LogP contribution in [-0.2, 0) is 23.8 Å². The van der Waals surface area contributed by atoms with Gasteiger partial charge in [-0.3, -0.25) is 0 Å². The van der Waals surface area contributed by atoms with Gasteiger partial charge in [0.25, 0.3) is 0 Å². The molecule has 0 N–H and O–H groups in total. The normalized spacial score (nSPS) is 21.2. The summed E-state index contributed by atoms with van der Waals surface area (Å²) in [6.07, 6.45) is 2.37. The highest BCUT2D eigenvalue weighted by Crippen LogP contribution is 2.20. The summed E-state index contributed by atoms with van der Waals surface area (Å²) in [6, 6.07) is 0. The third-order valence-electron chi connectivity index (χ3n) is 2.17. The lowest BCUT2D eigenvalue weighted by Crippen LogP contribution is -2.20. The van der Waals surface area contributed by atoms with Crippen LogP contribution >= 0.6 is 0 Å². The van der Waals surface area contributed by atoms with Gasteiger partial charge in [-0.25, -0.2) is 9.59 Å². The molecular weight excluding hydrogens is 200 g/mol. The van der Waals surface area contributed by atoms with Crippen molar-refractivity contribution in [3.8, 4) is 0 Å². The molecule has 0 aliphatic carbocycles. The van der Waals surface area contributed by atoms with Gasteiger partial charge in [0, 0.05) is 12.7 Å². The van der Waals surface area contributed by atoms with Crippen LogP contribution in [-0.4, -0.2) is 38.9 Å². The molecule has 84 valence electrons. The molecule has 0 spiro atoms. The van der Waals surface area contributed by atoms with Crippen molar-refractivity contribution in [2.75, 3.05) is 20.8 Å². The second-order valence-corrected chi connectivity index (χ2v) is 3.12. The molecule has 0 amide bonds. The van der Waals surface area contributed by atoms with Crippen LogP contribution in [0.15, 0.2) is 11.6 Å². The Morgan fingerprint density at radius 2 is 2.07 bits per heavy atom. The maximum atomic E-state index is 11.4. The zero-order valence-corrected chi connectivity index (χ0v) is 8.82. The summed E-state index contributed by atoms with van der Waals surface area (Å²) in [5, 5.41) is 0. The summed E-state index contributed by atoms with van der Waals surface area (Å²) < 4.78 is 14.3. The molecule has 1 saturated heterocycles. The second kappa shape index (κ2) is 5.50. The average molecular weight is 214 g/mol. The van der Waals surface area contributed by atoms with Crippen LogP contribution in [0.2, 0.25) is 0 Å². The molecule has 1 atom stereocenters. The SMILES string of the molecule is COC(=O)/C=C(\C(=O)OC)C1CCCO1. The number of carbonyl (C=O) groups is 2. The van der Waals surface area contributed by atoms with Gasteiger partial charge < -0.3 is 14.2 Å². The maximum Gasteiger partial charge on any atom is 0.336 e. The summed E-state index contributed by atoms with van der Waals surface area (Å²) in [7, 11) is 2.52. The van der Waals surface area contributed by atoms with Crippen molar-refractivity contribution >= 4 is 11.9 Å². The monoisotopic (exact) mass is 214 g/mol. The fourth-order valence-electron chi connectivity index (χ4n) is 1.41. The van der Waals surface area contributed by atoms with Gasteiger partial charge in [-0.05, 0) is 12.8 Å². The van der Waals surface area contributed by atoms with E-state index in [9.17, 15) is 9.59 Å². The Balaban J connectivity index is 2.81. The Labute approximate surface area is 88.0 Å². The quantitative estimate of drug-likeness (QED) is 0.504. The number of methoxy groups -OCH3 is 2. The van der Waals surface area contributed by atoms with Crippen molar-refractivity contribution < 1.29 is 23.8 Å². The molecule has 1 heterocycles. The first-order chi connectivity index (χ1) is 7.19. The molecule has 5 nitrogen and oxygen atoms in total. The van der Waals surface area contributed by atoms with Crippen LogP contribution in [0.1, 0.15) is 12.8 Å². The molecule has 1 rings (SSSR count). The number of carbonyl (C=O) groups excluding carboxylic acids is 2. The van der Waals surface area contributed by atoms with E-state index < -0.39 is 11.9 Å². The molecule has 1 aliphatic heterocycles. The Bertz CT molecular complexity index is 276. The fourth-order valence-corrected chi connectivity index (χ4v) is 1.41. The third-order valence-corrected chi connectivity index (χ3v) is 2.17. The van der Waals surface area contributed by atoms with Gasteiger partial charge in [-0.2, -0.15) is 0 Å². The van der Waals surface area contributed by atoms with E-state index in [0.29, 0.717) is 6.61 Å². The Morgan fingerprint density at radius 3 is 2.53 bits per heavy atom. The largest absolute Gasteiger partial charge is 0.466 e. The molecule has 0 aromatic rings. The van der Waals surface area contributed by atoms with E-state index in [0.717, 1.165) is 18.9 Å². The van der Waals surface area contributed by atoms with Crippen molar-refractivity contribution in [1.29, 1.82) is 0 Å². The van der Waals surface area contributed by atoms with Crippen LogP contribution in [0.5, 0.6) is 0 Å². The first-order valence-corrected chi connectivity index (χ1v) is 4.68. The van der Waals surface area contributed by atoms with Crippen molar-refractivity contribution in [3.63, 3.8) is 0 Å². The molecule has 0 aromatic carbocycles. The van der Waals surface area contributed by atoms with Gasteiger partial charge >= 0.3 is 11.9 Å². The zero-order valence-electron chi connectivity index (χ0n) is 8.82. The van der Waals surface area contributed by atoms with Crippen LogP contribution in [0.4, 0.5) is 0 Å². The van der Waals surface area contributed by atoms with E-state index in [4.69, 9.17) is 4.74 Å². The van der Waals surface area contributed by atoms with Crippen molar-refractivity contribution in [2.45, 2.75) is 18.9 Å². The number of hydrogen-bond donors (Lipinski definition) is 0. The topological polar surface area (TPSA) is 61.8 Å². The van der Waals surface area contributed by atoms with Gasteiger partial charge in [-0.15, -0.1) is 0 Å². The van der Waals surface area contributed by atoms with Gasteiger partial charge in [-0.1, -0.05) is 0 Å². The van der Waals surface area contributed by atoms with Crippen LogP contribution in [0.3, 0.4) is 0 Å². The molecule has 5 heteroatoms. The smallest absolute Gasteiger partial charge is 0.336 e. The van der Waals surface area contributed by atoms with E-state index in [1.807, 2.05) is 0 Å². The molecule has 0 aromatic heterocycles. The summed E-state index contributed by atoms with van der Waals surface area (Å²) >= 11 is 0. The average Bonchev–Trinajstić information content (AvgIpc) is 2.77. The first-order valence-electron chi connectivity index (χ1n) is 4.68. The molecule has 1 fully saturated rings. The summed E-state index contributed by atoms with van der Waals surface area (Å²) in [4.78, 5) is 22.4. The standard InChI is InChI=1S/C10H14O5/c1-13-9(11)6-7(10(12)14-2)8-4-3-5-15-8/h6,8H,3-5H2,1-2H3/b7-6-. The Morgan fingerprint density at radius 1 is 1.33 bits per heavy atom. The molecule has 1 aliphatic rings. The van der Waals surface area contributed by atoms with E-state index in [1.165, 1.54) is 14.2 Å². The minimum atomic E-state index is -0.578. The zero-order chi connectivity index (χ0) is 11.3. The van der Waals surface area contributed by atoms with Crippen LogP contribution < -0.4 is 0 Å². The molecule has 0 bridgehead atoms. The fraction of sp³-hybridized carbons (Fsp3) is 0.600. The highest BCUT2D eigenvalue weighted by molar-refractivity contribution is 5.97. The minimum absolute atomic E-state index is 0.224. The highest BCUT2D eigenvalue weighted by Gasteiger charge is 2.26. The highest BCUT2D eigenvalue weighted by atomic mass is 16.5. The predicted molar refractivity (Wildman–Crippen MR) is 51.1 cm³/mol. The van der Waals surface area contributed by atoms with Crippen LogP contribution in [0.25, 0.3) is 0 Å². The second-order valence-electron chi connectivity index (χ2n) is 3.12. The van der Waals surface area contributed by atoms with E-state index in [1.54, 1.807) is 0 Å².